The molecule has 1 aliphatic rings. The normalized spacial score (nSPS) is 21.9. The van der Waals surface area contributed by atoms with Gasteiger partial charge in [-0.25, -0.2) is 8.78 Å². The Hall–Kier alpha value is -1.43. The zero-order chi connectivity index (χ0) is 19.2. The number of methoxy groups -OCH3 is 1. The van der Waals surface area contributed by atoms with E-state index in [0.29, 0.717) is 4.68 Å². The summed E-state index contributed by atoms with van der Waals surface area (Å²) in [6.07, 6.45) is -17.1. The lowest BCUT2D eigenvalue weighted by Gasteiger charge is -2.28. The van der Waals surface area contributed by atoms with Crippen molar-refractivity contribution in [3.8, 4) is 0 Å². The summed E-state index contributed by atoms with van der Waals surface area (Å²) in [5.41, 5.74) is -3.14. The van der Waals surface area contributed by atoms with E-state index in [9.17, 15) is 40.2 Å². The van der Waals surface area contributed by atoms with Crippen LogP contribution in [0.4, 0.5) is 35.1 Å². The first kappa shape index (κ1) is 19.9. The van der Waals surface area contributed by atoms with Crippen molar-refractivity contribution in [2.24, 2.45) is 0 Å². The fourth-order valence-corrected chi connectivity index (χ4v) is 2.74. The van der Waals surface area contributed by atoms with Gasteiger partial charge in [-0.1, -0.05) is 0 Å². The van der Waals surface area contributed by atoms with Crippen LogP contribution in [0.15, 0.2) is 0 Å². The lowest BCUT2D eigenvalue weighted by molar-refractivity contribution is -0.215. The first-order chi connectivity index (χ1) is 11.3. The molecule has 0 radical (unpaired) electrons. The van der Waals surface area contributed by atoms with Crippen LogP contribution in [0.3, 0.4) is 0 Å². The van der Waals surface area contributed by atoms with Crippen molar-refractivity contribution >= 4 is 0 Å². The van der Waals surface area contributed by atoms with E-state index in [1.54, 1.807) is 0 Å². The molecule has 0 amide bonds. The second kappa shape index (κ2) is 6.38. The number of rotatable bonds is 4. The van der Waals surface area contributed by atoms with Crippen LogP contribution in [0.2, 0.25) is 0 Å². The number of hydrogen-bond acceptors (Lipinski definition) is 3. The maximum absolute atomic E-state index is 13.6. The Morgan fingerprint density at radius 3 is 2.36 bits per heavy atom. The van der Waals surface area contributed by atoms with Crippen molar-refractivity contribution in [3.63, 3.8) is 0 Å². The number of aliphatic hydroxyl groups excluding tert-OH is 1. The van der Waals surface area contributed by atoms with Gasteiger partial charge in [-0.2, -0.15) is 31.4 Å². The van der Waals surface area contributed by atoms with E-state index in [0.717, 1.165) is 7.11 Å². The predicted octanol–water partition coefficient (Wildman–Crippen LogP) is 3.48. The van der Waals surface area contributed by atoms with Crippen LogP contribution in [0, 0.1) is 0 Å². The summed E-state index contributed by atoms with van der Waals surface area (Å²) in [7, 11) is 0.794. The van der Waals surface area contributed by atoms with Crippen LogP contribution in [-0.4, -0.2) is 40.2 Å². The van der Waals surface area contributed by atoms with Crippen LogP contribution in [-0.2, 0) is 23.9 Å². The summed E-state index contributed by atoms with van der Waals surface area (Å²) in [6, 6.07) is 0. The minimum absolute atomic E-state index is 0.345. The maximum atomic E-state index is 13.6. The summed E-state index contributed by atoms with van der Waals surface area (Å²) in [4.78, 5) is 0. The van der Waals surface area contributed by atoms with E-state index in [2.05, 4.69) is 9.84 Å². The third kappa shape index (κ3) is 3.89. The molecule has 1 aromatic heterocycles. The summed E-state index contributed by atoms with van der Waals surface area (Å²) >= 11 is 0. The number of fused-ring (bicyclic) bond motifs is 1. The molecule has 0 fully saturated rings. The summed E-state index contributed by atoms with van der Waals surface area (Å²) < 4.78 is 109. The van der Waals surface area contributed by atoms with Gasteiger partial charge in [0.15, 0.2) is 11.8 Å². The Bertz CT molecular complexity index is 623. The number of alkyl halides is 8. The molecule has 4 nitrogen and oxygen atoms in total. The van der Waals surface area contributed by atoms with Crippen LogP contribution in [0.5, 0.6) is 0 Å². The molecule has 0 aromatic carbocycles. The van der Waals surface area contributed by atoms with Gasteiger partial charge in [0.05, 0.1) is 0 Å². The summed E-state index contributed by atoms with van der Waals surface area (Å²) in [5.74, 6) is -3.78. The molecule has 0 bridgehead atoms. The first-order valence-corrected chi connectivity index (χ1v) is 7.11. The topological polar surface area (TPSA) is 47.3 Å². The zero-order valence-corrected chi connectivity index (χ0v) is 12.8. The van der Waals surface area contributed by atoms with Crippen molar-refractivity contribution in [3.05, 3.63) is 17.0 Å². The summed E-state index contributed by atoms with van der Waals surface area (Å²) in [6.45, 7) is -0.630. The lowest BCUT2D eigenvalue weighted by atomic mass is 9.89. The van der Waals surface area contributed by atoms with Crippen molar-refractivity contribution in [1.29, 1.82) is 0 Å². The molecular weight excluding hydrogens is 368 g/mol. The molecule has 0 spiro atoms. The molecule has 144 valence electrons. The number of nitrogens with zero attached hydrogens (tertiary/aromatic N) is 2. The SMILES string of the molecule is COC(CCn1nc(C(F)(F)F)c2c1CCC(F)(F)C2O)C(F)(F)F. The van der Waals surface area contributed by atoms with Crippen LogP contribution in [0.25, 0.3) is 0 Å². The Labute approximate surface area is 136 Å². The number of aromatic nitrogens is 2. The van der Waals surface area contributed by atoms with Crippen molar-refractivity contribution in [1.82, 2.24) is 9.78 Å². The van der Waals surface area contributed by atoms with E-state index in [1.165, 1.54) is 0 Å². The van der Waals surface area contributed by atoms with Gasteiger partial charge < -0.3 is 9.84 Å². The molecule has 2 unspecified atom stereocenters. The van der Waals surface area contributed by atoms with Gasteiger partial charge in [0, 0.05) is 37.8 Å². The van der Waals surface area contributed by atoms with Crippen molar-refractivity contribution in [2.75, 3.05) is 7.11 Å². The fraction of sp³-hybridized carbons (Fsp3) is 0.769. The van der Waals surface area contributed by atoms with E-state index < -0.39 is 67.5 Å². The van der Waals surface area contributed by atoms with Crippen molar-refractivity contribution in [2.45, 2.75) is 56.3 Å². The number of hydrogen-bond donors (Lipinski definition) is 1. The molecule has 2 atom stereocenters. The second-order valence-corrected chi connectivity index (χ2v) is 5.65. The average Bonchev–Trinajstić information content (AvgIpc) is 2.81. The number of halogens is 8. The van der Waals surface area contributed by atoms with E-state index in [1.807, 2.05) is 0 Å². The highest BCUT2D eigenvalue weighted by Gasteiger charge is 2.51. The standard InChI is InChI=1S/C13H14F8N2O2/c1-25-7(12(16,17)18)3-5-23-6-2-4-11(14,15)10(24)8(6)9(22-23)13(19,20)21/h7,10,24H,2-5H2,1H3. The van der Waals surface area contributed by atoms with Crippen LogP contribution < -0.4 is 0 Å². The maximum Gasteiger partial charge on any atom is 0.435 e. The van der Waals surface area contributed by atoms with Gasteiger partial charge >= 0.3 is 12.4 Å². The van der Waals surface area contributed by atoms with Gasteiger partial charge in [0.1, 0.15) is 6.10 Å². The van der Waals surface area contributed by atoms with Gasteiger partial charge in [0.2, 0.25) is 0 Å². The first-order valence-electron chi connectivity index (χ1n) is 7.11. The molecule has 0 saturated heterocycles. The Kier molecular flexibility index (Phi) is 5.08. The highest BCUT2D eigenvalue weighted by molar-refractivity contribution is 5.35. The largest absolute Gasteiger partial charge is 0.435 e. The van der Waals surface area contributed by atoms with Gasteiger partial charge in [-0.05, 0) is 6.42 Å². The molecule has 25 heavy (non-hydrogen) atoms. The van der Waals surface area contributed by atoms with Crippen LogP contribution in [0.1, 0.15) is 35.9 Å². The Balaban J connectivity index is 2.38. The van der Waals surface area contributed by atoms with Crippen molar-refractivity contribution < 1.29 is 45.0 Å². The quantitative estimate of drug-likeness (QED) is 0.812. The molecule has 2 rings (SSSR count). The Morgan fingerprint density at radius 2 is 1.88 bits per heavy atom. The third-order valence-corrected chi connectivity index (χ3v) is 3.99. The molecule has 1 heterocycles. The van der Waals surface area contributed by atoms with Gasteiger partial charge in [-0.3, -0.25) is 4.68 Å². The second-order valence-electron chi connectivity index (χ2n) is 5.65. The third-order valence-electron chi connectivity index (χ3n) is 3.99. The lowest BCUT2D eigenvalue weighted by Crippen LogP contribution is -2.34. The predicted molar refractivity (Wildman–Crippen MR) is 66.9 cm³/mol. The Morgan fingerprint density at radius 1 is 1.28 bits per heavy atom. The number of aliphatic hydroxyl groups is 1. The molecular formula is C13H14F8N2O2. The number of ether oxygens (including phenoxy) is 1. The summed E-state index contributed by atoms with van der Waals surface area (Å²) in [5, 5.41) is 12.7. The molecule has 0 aliphatic heterocycles. The molecule has 1 aliphatic carbocycles. The average molecular weight is 382 g/mol. The molecule has 1 N–H and O–H groups in total. The smallest absolute Gasteiger partial charge is 0.382 e. The highest BCUT2D eigenvalue weighted by Crippen LogP contribution is 2.46. The van der Waals surface area contributed by atoms with Crippen LogP contribution >= 0.6 is 0 Å². The molecule has 0 saturated carbocycles. The minimum atomic E-state index is -5.13. The van der Waals surface area contributed by atoms with Gasteiger partial charge in [-0.15, -0.1) is 0 Å². The molecule has 1 aromatic rings. The minimum Gasteiger partial charge on any atom is -0.382 e. The fourth-order valence-electron chi connectivity index (χ4n) is 2.74. The molecule has 12 heteroatoms. The zero-order valence-electron chi connectivity index (χ0n) is 12.8. The van der Waals surface area contributed by atoms with Gasteiger partial charge in [0.25, 0.3) is 5.92 Å². The highest BCUT2D eigenvalue weighted by atomic mass is 19.4. The van der Waals surface area contributed by atoms with E-state index in [-0.39, 0.29) is 5.69 Å². The number of aryl methyl sites for hydroxylation is 1. The monoisotopic (exact) mass is 382 g/mol. The van der Waals surface area contributed by atoms with E-state index in [4.69, 9.17) is 0 Å². The van der Waals surface area contributed by atoms with E-state index >= 15 is 0 Å².